The molecule has 2 aromatic rings. The third kappa shape index (κ3) is 5.76. The van der Waals surface area contributed by atoms with Crippen LogP contribution in [0.25, 0.3) is 0 Å². The molecular formula is C19H24N2O3. The first-order valence-corrected chi connectivity index (χ1v) is 8.15. The van der Waals surface area contributed by atoms with Crippen LogP contribution in [0.1, 0.15) is 24.0 Å². The topological polar surface area (TPSA) is 96.4 Å². The van der Waals surface area contributed by atoms with Crippen molar-refractivity contribution in [3.8, 4) is 0 Å². The summed E-state index contributed by atoms with van der Waals surface area (Å²) in [4.78, 5) is 15.4. The van der Waals surface area contributed by atoms with Gasteiger partial charge in [0.2, 0.25) is 0 Å². The van der Waals surface area contributed by atoms with Crippen molar-refractivity contribution in [2.45, 2.75) is 37.8 Å². The van der Waals surface area contributed by atoms with Crippen LogP contribution in [0.15, 0.2) is 54.9 Å². The standard InChI is InChI=1S/C19H24N2O3/c20-17(12-14-5-2-1-3-6-14)18(22)9-8-16(19(23)24)11-15-7-4-10-21-13-15/h1-7,10,13,16-18,22H,8-9,11-12,20H2,(H,23,24). The van der Waals surface area contributed by atoms with E-state index in [4.69, 9.17) is 5.73 Å². The molecule has 3 atom stereocenters. The Kier molecular flexibility index (Phi) is 6.90. The summed E-state index contributed by atoms with van der Waals surface area (Å²) < 4.78 is 0. The highest BCUT2D eigenvalue weighted by atomic mass is 16.4. The van der Waals surface area contributed by atoms with Crippen LogP contribution >= 0.6 is 0 Å². The van der Waals surface area contributed by atoms with Gasteiger partial charge in [0.05, 0.1) is 12.0 Å². The third-order valence-corrected chi connectivity index (χ3v) is 4.17. The van der Waals surface area contributed by atoms with E-state index in [1.165, 1.54) is 0 Å². The molecule has 0 aliphatic rings. The number of carbonyl (C=O) groups is 1. The van der Waals surface area contributed by atoms with Crippen molar-refractivity contribution in [2.24, 2.45) is 11.7 Å². The molecule has 0 aliphatic heterocycles. The number of nitrogens with two attached hydrogens (primary N) is 1. The maximum atomic E-state index is 11.4. The number of aliphatic hydroxyl groups excluding tert-OH is 1. The van der Waals surface area contributed by atoms with Crippen molar-refractivity contribution >= 4 is 5.97 Å². The molecule has 0 fully saturated rings. The fourth-order valence-electron chi connectivity index (χ4n) is 2.72. The van der Waals surface area contributed by atoms with Gasteiger partial charge in [-0.15, -0.1) is 0 Å². The van der Waals surface area contributed by atoms with E-state index in [2.05, 4.69) is 4.98 Å². The fraction of sp³-hybridized carbons (Fsp3) is 0.368. The minimum absolute atomic E-state index is 0.366. The summed E-state index contributed by atoms with van der Waals surface area (Å²) >= 11 is 0. The minimum atomic E-state index is -0.859. The zero-order valence-corrected chi connectivity index (χ0v) is 13.6. The Morgan fingerprint density at radius 2 is 1.75 bits per heavy atom. The number of hydrogen-bond donors (Lipinski definition) is 3. The number of benzene rings is 1. The van der Waals surface area contributed by atoms with Crippen molar-refractivity contribution in [1.82, 2.24) is 4.98 Å². The lowest BCUT2D eigenvalue weighted by molar-refractivity contribution is -0.142. The summed E-state index contributed by atoms with van der Waals surface area (Å²) in [7, 11) is 0. The van der Waals surface area contributed by atoms with Gasteiger partial charge >= 0.3 is 5.97 Å². The number of aliphatic hydroxyl groups is 1. The van der Waals surface area contributed by atoms with E-state index in [-0.39, 0.29) is 0 Å². The van der Waals surface area contributed by atoms with Gasteiger partial charge in [-0.2, -0.15) is 0 Å². The monoisotopic (exact) mass is 328 g/mol. The summed E-state index contributed by atoms with van der Waals surface area (Å²) in [5.74, 6) is -1.41. The first-order valence-electron chi connectivity index (χ1n) is 8.15. The van der Waals surface area contributed by atoms with E-state index in [0.29, 0.717) is 25.7 Å². The molecule has 128 valence electrons. The number of pyridine rings is 1. The Balaban J connectivity index is 1.85. The first-order chi connectivity index (χ1) is 11.6. The smallest absolute Gasteiger partial charge is 0.306 e. The summed E-state index contributed by atoms with van der Waals surface area (Å²) in [5.41, 5.74) is 8.00. The second-order valence-electron chi connectivity index (χ2n) is 6.10. The van der Waals surface area contributed by atoms with Gasteiger partial charge in [-0.3, -0.25) is 9.78 Å². The highest BCUT2D eigenvalue weighted by molar-refractivity contribution is 5.70. The van der Waals surface area contributed by atoms with Gasteiger partial charge in [-0.05, 0) is 42.9 Å². The van der Waals surface area contributed by atoms with Crippen LogP contribution in [0, 0.1) is 5.92 Å². The maximum Gasteiger partial charge on any atom is 0.306 e. The second kappa shape index (κ2) is 9.15. The molecule has 4 N–H and O–H groups in total. The number of carboxylic acids is 1. The van der Waals surface area contributed by atoms with Crippen LogP contribution in [0.4, 0.5) is 0 Å². The Hall–Kier alpha value is -2.24. The molecule has 0 aliphatic carbocycles. The Morgan fingerprint density at radius 3 is 2.38 bits per heavy atom. The van der Waals surface area contributed by atoms with Gasteiger partial charge in [0.25, 0.3) is 0 Å². The minimum Gasteiger partial charge on any atom is -0.481 e. The molecule has 1 heterocycles. The van der Waals surface area contributed by atoms with E-state index >= 15 is 0 Å². The molecule has 0 saturated heterocycles. The average Bonchev–Trinajstić information content (AvgIpc) is 2.59. The molecule has 0 saturated carbocycles. The maximum absolute atomic E-state index is 11.4. The molecule has 0 bridgehead atoms. The third-order valence-electron chi connectivity index (χ3n) is 4.17. The van der Waals surface area contributed by atoms with Crippen LogP contribution in [-0.2, 0) is 17.6 Å². The largest absolute Gasteiger partial charge is 0.481 e. The Labute approximate surface area is 142 Å². The van der Waals surface area contributed by atoms with E-state index in [9.17, 15) is 15.0 Å². The number of hydrogen-bond acceptors (Lipinski definition) is 4. The van der Waals surface area contributed by atoms with Gasteiger partial charge in [0.15, 0.2) is 0 Å². The summed E-state index contributed by atoms with van der Waals surface area (Å²) in [6, 6.07) is 13.0. The van der Waals surface area contributed by atoms with Crippen LogP contribution in [0.2, 0.25) is 0 Å². The molecule has 3 unspecified atom stereocenters. The van der Waals surface area contributed by atoms with Crippen LogP contribution in [0.3, 0.4) is 0 Å². The fourth-order valence-corrected chi connectivity index (χ4v) is 2.72. The number of aromatic nitrogens is 1. The SMILES string of the molecule is NC(Cc1ccccc1)C(O)CCC(Cc1cccnc1)C(=O)O. The van der Waals surface area contributed by atoms with E-state index in [0.717, 1.165) is 11.1 Å². The molecule has 0 amide bonds. The number of nitrogens with zero attached hydrogens (tertiary/aromatic N) is 1. The van der Waals surface area contributed by atoms with Crippen molar-refractivity contribution in [3.05, 3.63) is 66.0 Å². The molecule has 5 nitrogen and oxygen atoms in total. The Bertz CT molecular complexity index is 619. The van der Waals surface area contributed by atoms with Gasteiger partial charge in [-0.1, -0.05) is 36.4 Å². The molecule has 24 heavy (non-hydrogen) atoms. The summed E-state index contributed by atoms with van der Waals surface area (Å²) in [6.45, 7) is 0. The summed E-state index contributed by atoms with van der Waals surface area (Å²) in [6.07, 6.45) is 4.34. The molecule has 0 spiro atoms. The normalized spacial score (nSPS) is 14.8. The van der Waals surface area contributed by atoms with Crippen LogP contribution < -0.4 is 5.73 Å². The van der Waals surface area contributed by atoms with Crippen molar-refractivity contribution < 1.29 is 15.0 Å². The highest BCUT2D eigenvalue weighted by Crippen LogP contribution is 2.17. The van der Waals surface area contributed by atoms with Crippen molar-refractivity contribution in [2.75, 3.05) is 0 Å². The lowest BCUT2D eigenvalue weighted by atomic mass is 9.91. The zero-order valence-electron chi connectivity index (χ0n) is 13.6. The lowest BCUT2D eigenvalue weighted by Gasteiger charge is -2.21. The van der Waals surface area contributed by atoms with Crippen molar-refractivity contribution in [1.29, 1.82) is 0 Å². The van der Waals surface area contributed by atoms with Gasteiger partial charge < -0.3 is 15.9 Å². The molecule has 2 rings (SSSR count). The van der Waals surface area contributed by atoms with E-state index in [1.54, 1.807) is 18.5 Å². The van der Waals surface area contributed by atoms with E-state index < -0.39 is 24.0 Å². The number of aliphatic carboxylic acids is 1. The summed E-state index contributed by atoms with van der Waals surface area (Å²) in [5, 5.41) is 19.6. The first kappa shape index (κ1) is 18.1. The predicted molar refractivity (Wildman–Crippen MR) is 92.4 cm³/mol. The molecular weight excluding hydrogens is 304 g/mol. The quantitative estimate of drug-likeness (QED) is 0.654. The highest BCUT2D eigenvalue weighted by Gasteiger charge is 2.22. The lowest BCUT2D eigenvalue weighted by Crippen LogP contribution is -2.37. The number of carboxylic acid groups (broad SMARTS) is 1. The predicted octanol–water partition coefficient (Wildman–Crippen LogP) is 2.04. The van der Waals surface area contributed by atoms with Gasteiger partial charge in [0, 0.05) is 18.4 Å². The average molecular weight is 328 g/mol. The van der Waals surface area contributed by atoms with Gasteiger partial charge in [-0.25, -0.2) is 0 Å². The second-order valence-corrected chi connectivity index (χ2v) is 6.10. The van der Waals surface area contributed by atoms with E-state index in [1.807, 2.05) is 36.4 Å². The molecule has 1 aromatic heterocycles. The molecule has 1 aromatic carbocycles. The van der Waals surface area contributed by atoms with Crippen molar-refractivity contribution in [3.63, 3.8) is 0 Å². The Morgan fingerprint density at radius 1 is 1.04 bits per heavy atom. The van der Waals surface area contributed by atoms with Gasteiger partial charge in [0.1, 0.15) is 0 Å². The van der Waals surface area contributed by atoms with Crippen LogP contribution in [-0.4, -0.2) is 33.3 Å². The van der Waals surface area contributed by atoms with Crippen LogP contribution in [0.5, 0.6) is 0 Å². The molecule has 5 heteroatoms. The molecule has 0 radical (unpaired) electrons. The zero-order chi connectivity index (χ0) is 17.4. The number of rotatable bonds is 9.